The van der Waals surface area contributed by atoms with E-state index < -0.39 is 0 Å². The molecule has 0 unspecified atom stereocenters. The number of hydrogen-bond donors (Lipinski definition) is 2. The fourth-order valence-electron chi connectivity index (χ4n) is 3.42. The van der Waals surface area contributed by atoms with Crippen molar-refractivity contribution in [1.82, 2.24) is 20.0 Å². The molecule has 0 aliphatic carbocycles. The van der Waals surface area contributed by atoms with E-state index in [-0.39, 0.29) is 18.7 Å². The van der Waals surface area contributed by atoms with Gasteiger partial charge in [0.25, 0.3) is 0 Å². The second-order valence-electron chi connectivity index (χ2n) is 6.54. The van der Waals surface area contributed by atoms with Crippen molar-refractivity contribution in [3.63, 3.8) is 0 Å². The summed E-state index contributed by atoms with van der Waals surface area (Å²) in [6.45, 7) is 3.29. The molecule has 1 fully saturated rings. The van der Waals surface area contributed by atoms with Crippen LogP contribution in [0.4, 0.5) is 4.79 Å². The molecule has 0 bridgehead atoms. The number of urea groups is 1. The number of hydrogen-bond acceptors (Lipinski definition) is 3. The van der Waals surface area contributed by atoms with Crippen LogP contribution in [0.2, 0.25) is 0 Å². The molecule has 0 radical (unpaired) electrons. The third kappa shape index (κ3) is 4.20. The zero-order valence-electron chi connectivity index (χ0n) is 14.7. The van der Waals surface area contributed by atoms with Crippen molar-refractivity contribution in [3.8, 4) is 5.69 Å². The van der Waals surface area contributed by atoms with E-state index in [0.717, 1.165) is 42.8 Å². The van der Waals surface area contributed by atoms with Crippen molar-refractivity contribution < 1.29 is 9.90 Å². The van der Waals surface area contributed by atoms with Crippen LogP contribution in [0.15, 0.2) is 36.5 Å². The van der Waals surface area contributed by atoms with Gasteiger partial charge in [-0.05, 0) is 50.3 Å². The van der Waals surface area contributed by atoms with Gasteiger partial charge in [-0.3, -0.25) is 0 Å². The van der Waals surface area contributed by atoms with E-state index in [2.05, 4.69) is 10.4 Å². The monoisotopic (exact) mass is 342 g/mol. The highest BCUT2D eigenvalue weighted by atomic mass is 16.3. The van der Waals surface area contributed by atoms with Crippen molar-refractivity contribution >= 4 is 6.03 Å². The lowest BCUT2D eigenvalue weighted by atomic mass is 10.0. The van der Waals surface area contributed by atoms with Gasteiger partial charge >= 0.3 is 6.03 Å². The predicted molar refractivity (Wildman–Crippen MR) is 96.6 cm³/mol. The zero-order chi connectivity index (χ0) is 17.6. The Morgan fingerprint density at radius 2 is 2.16 bits per heavy atom. The highest BCUT2D eigenvalue weighted by molar-refractivity contribution is 5.74. The maximum absolute atomic E-state index is 12.6. The van der Waals surface area contributed by atoms with E-state index in [0.29, 0.717) is 13.0 Å². The first kappa shape index (κ1) is 17.5. The molecule has 2 aromatic rings. The van der Waals surface area contributed by atoms with Gasteiger partial charge in [-0.1, -0.05) is 18.2 Å². The van der Waals surface area contributed by atoms with E-state index in [9.17, 15) is 9.90 Å². The van der Waals surface area contributed by atoms with Crippen molar-refractivity contribution in [1.29, 1.82) is 0 Å². The number of carbonyl (C=O) groups excluding carboxylic acids is 1. The lowest BCUT2D eigenvalue weighted by Crippen LogP contribution is -2.48. The molecule has 1 aliphatic rings. The van der Waals surface area contributed by atoms with E-state index >= 15 is 0 Å². The van der Waals surface area contributed by atoms with Crippen LogP contribution in [0.3, 0.4) is 0 Å². The number of carbonyl (C=O) groups is 1. The van der Waals surface area contributed by atoms with Gasteiger partial charge in [0.2, 0.25) is 0 Å². The van der Waals surface area contributed by atoms with Crippen LogP contribution >= 0.6 is 0 Å². The fraction of sp³-hybridized carbons (Fsp3) is 0.474. The summed E-state index contributed by atoms with van der Waals surface area (Å²) < 4.78 is 1.84. The number of benzene rings is 1. The minimum atomic E-state index is -0.0513. The van der Waals surface area contributed by atoms with Gasteiger partial charge in [0.15, 0.2) is 0 Å². The Morgan fingerprint density at radius 3 is 2.92 bits per heavy atom. The summed E-state index contributed by atoms with van der Waals surface area (Å²) in [7, 11) is 0. The summed E-state index contributed by atoms with van der Waals surface area (Å²) in [5, 5.41) is 16.7. The smallest absolute Gasteiger partial charge is 0.317 e. The molecule has 1 atom stereocenters. The normalized spacial score (nSPS) is 17.5. The minimum absolute atomic E-state index is 0.0513. The summed E-state index contributed by atoms with van der Waals surface area (Å²) in [6.07, 6.45) is 5.69. The summed E-state index contributed by atoms with van der Waals surface area (Å²) in [5.74, 6) is 0. The van der Waals surface area contributed by atoms with Crippen molar-refractivity contribution in [2.45, 2.75) is 45.2 Å². The number of para-hydroxylation sites is 1. The van der Waals surface area contributed by atoms with E-state index in [1.807, 2.05) is 53.0 Å². The van der Waals surface area contributed by atoms with Gasteiger partial charge in [-0.15, -0.1) is 0 Å². The second-order valence-corrected chi connectivity index (χ2v) is 6.54. The SMILES string of the molecule is Cc1ccn(-c2ccccc2CNC(=O)N2CCCC[C@H]2CCO)n1. The molecular weight excluding hydrogens is 316 g/mol. The third-order valence-electron chi connectivity index (χ3n) is 4.74. The molecule has 134 valence electrons. The van der Waals surface area contributed by atoms with Crippen LogP contribution in [0.1, 0.15) is 36.9 Å². The lowest BCUT2D eigenvalue weighted by Gasteiger charge is -2.35. The van der Waals surface area contributed by atoms with Crippen LogP contribution in [-0.2, 0) is 6.54 Å². The van der Waals surface area contributed by atoms with Crippen LogP contribution in [0, 0.1) is 6.92 Å². The Balaban J connectivity index is 1.68. The summed E-state index contributed by atoms with van der Waals surface area (Å²) >= 11 is 0. The number of aliphatic hydroxyl groups is 1. The maximum atomic E-state index is 12.6. The van der Waals surface area contributed by atoms with Gasteiger partial charge in [0.1, 0.15) is 0 Å². The Bertz CT molecular complexity index is 711. The number of aromatic nitrogens is 2. The molecule has 2 amide bonds. The number of aryl methyl sites for hydroxylation is 1. The molecule has 1 saturated heterocycles. The molecule has 6 heteroatoms. The highest BCUT2D eigenvalue weighted by Crippen LogP contribution is 2.20. The molecule has 2 N–H and O–H groups in total. The quantitative estimate of drug-likeness (QED) is 0.877. The number of rotatable bonds is 5. The molecule has 3 rings (SSSR count). The van der Waals surface area contributed by atoms with E-state index in [1.165, 1.54) is 0 Å². The number of piperidine rings is 1. The second kappa shape index (κ2) is 8.16. The molecule has 25 heavy (non-hydrogen) atoms. The molecule has 1 aromatic heterocycles. The number of aliphatic hydroxyl groups excluding tert-OH is 1. The predicted octanol–water partition coefficient (Wildman–Crippen LogP) is 2.63. The standard InChI is InChI=1S/C19H26N4O2/c1-15-9-12-23(21-15)18-8-3-2-6-16(18)14-20-19(25)22-11-5-4-7-17(22)10-13-24/h2-3,6,8-9,12,17,24H,4-5,7,10-11,13-14H2,1H3,(H,20,25)/t17-/m0/s1. The Hall–Kier alpha value is -2.34. The van der Waals surface area contributed by atoms with E-state index in [1.54, 1.807) is 0 Å². The molecule has 1 aromatic carbocycles. The number of likely N-dealkylation sites (tertiary alicyclic amines) is 1. The third-order valence-corrected chi connectivity index (χ3v) is 4.74. The first-order valence-electron chi connectivity index (χ1n) is 8.95. The first-order valence-corrected chi connectivity index (χ1v) is 8.95. The number of nitrogens with zero attached hydrogens (tertiary/aromatic N) is 3. The molecular formula is C19H26N4O2. The van der Waals surface area contributed by atoms with Crippen LogP contribution in [0.25, 0.3) is 5.69 Å². The Kier molecular flexibility index (Phi) is 5.71. The van der Waals surface area contributed by atoms with Crippen molar-refractivity contribution in [2.75, 3.05) is 13.2 Å². The Morgan fingerprint density at radius 1 is 1.32 bits per heavy atom. The lowest BCUT2D eigenvalue weighted by molar-refractivity contribution is 0.131. The molecule has 1 aliphatic heterocycles. The highest BCUT2D eigenvalue weighted by Gasteiger charge is 2.26. The first-order chi connectivity index (χ1) is 12.2. The molecule has 6 nitrogen and oxygen atoms in total. The average molecular weight is 342 g/mol. The summed E-state index contributed by atoms with van der Waals surface area (Å²) in [6, 6.07) is 10.0. The largest absolute Gasteiger partial charge is 0.396 e. The van der Waals surface area contributed by atoms with Crippen LogP contribution in [0.5, 0.6) is 0 Å². The van der Waals surface area contributed by atoms with Gasteiger partial charge in [-0.25, -0.2) is 9.48 Å². The average Bonchev–Trinajstić information content (AvgIpc) is 3.07. The van der Waals surface area contributed by atoms with Crippen molar-refractivity contribution in [2.24, 2.45) is 0 Å². The summed E-state index contributed by atoms with van der Waals surface area (Å²) in [4.78, 5) is 14.5. The van der Waals surface area contributed by atoms with Crippen LogP contribution in [-0.4, -0.2) is 45.0 Å². The fourth-order valence-corrected chi connectivity index (χ4v) is 3.42. The van der Waals surface area contributed by atoms with Gasteiger partial charge < -0.3 is 15.3 Å². The number of nitrogens with one attached hydrogen (secondary N) is 1. The molecule has 0 saturated carbocycles. The Labute approximate surface area is 148 Å². The van der Waals surface area contributed by atoms with Gasteiger partial charge in [0, 0.05) is 31.9 Å². The maximum Gasteiger partial charge on any atom is 0.317 e. The molecule has 2 heterocycles. The van der Waals surface area contributed by atoms with Gasteiger partial charge in [-0.2, -0.15) is 5.10 Å². The zero-order valence-corrected chi connectivity index (χ0v) is 14.7. The number of amides is 2. The van der Waals surface area contributed by atoms with Gasteiger partial charge in [0.05, 0.1) is 11.4 Å². The van der Waals surface area contributed by atoms with Crippen LogP contribution < -0.4 is 5.32 Å². The van der Waals surface area contributed by atoms with Crippen molar-refractivity contribution in [3.05, 3.63) is 47.8 Å². The summed E-state index contributed by atoms with van der Waals surface area (Å²) in [5.41, 5.74) is 2.95. The van der Waals surface area contributed by atoms with E-state index in [4.69, 9.17) is 0 Å². The molecule has 0 spiro atoms. The topological polar surface area (TPSA) is 70.4 Å². The minimum Gasteiger partial charge on any atom is -0.396 e.